The highest BCUT2D eigenvalue weighted by Gasteiger charge is 2.28. The predicted molar refractivity (Wildman–Crippen MR) is 87.8 cm³/mol. The molecule has 3 nitrogen and oxygen atoms in total. The summed E-state index contributed by atoms with van der Waals surface area (Å²) in [6.07, 6.45) is 7.82. The molecule has 1 atom stereocenters. The molecule has 126 valence electrons. The van der Waals surface area contributed by atoms with Gasteiger partial charge in [-0.05, 0) is 61.8 Å². The number of carbonyl (C=O) groups excluding carboxylic acids is 1. The van der Waals surface area contributed by atoms with E-state index in [2.05, 4.69) is 0 Å². The zero-order chi connectivity index (χ0) is 16.1. The molecule has 0 N–H and O–H groups in total. The molecule has 0 spiro atoms. The fourth-order valence-electron chi connectivity index (χ4n) is 3.76. The Labute approximate surface area is 137 Å². The van der Waals surface area contributed by atoms with Crippen LogP contribution in [0.5, 0.6) is 5.75 Å². The van der Waals surface area contributed by atoms with E-state index in [4.69, 9.17) is 4.74 Å². The summed E-state index contributed by atoms with van der Waals surface area (Å²) in [7, 11) is 0. The minimum Gasteiger partial charge on any atom is -0.494 e. The number of ether oxygens (including phenoxy) is 1. The number of carbonyl (C=O) groups is 1. The number of benzene rings is 1. The van der Waals surface area contributed by atoms with Crippen molar-refractivity contribution in [2.75, 3.05) is 19.7 Å². The molecule has 3 rings (SSSR count). The quantitative estimate of drug-likeness (QED) is 0.792. The predicted octanol–water partition coefficient (Wildman–Crippen LogP) is 4.02. The summed E-state index contributed by atoms with van der Waals surface area (Å²) < 4.78 is 18.5. The Balaban J connectivity index is 1.36. The molecule has 2 fully saturated rings. The van der Waals surface area contributed by atoms with Crippen LogP contribution < -0.4 is 4.74 Å². The van der Waals surface area contributed by atoms with E-state index < -0.39 is 0 Å². The molecule has 0 aromatic heterocycles. The molecule has 0 radical (unpaired) electrons. The Bertz CT molecular complexity index is 511. The van der Waals surface area contributed by atoms with Crippen LogP contribution in [0, 0.1) is 17.7 Å². The first-order valence-electron chi connectivity index (χ1n) is 8.87. The maximum atomic E-state index is 12.8. The van der Waals surface area contributed by atoms with Crippen molar-refractivity contribution in [3.8, 4) is 5.75 Å². The van der Waals surface area contributed by atoms with Crippen molar-refractivity contribution in [1.82, 2.24) is 4.90 Å². The summed E-state index contributed by atoms with van der Waals surface area (Å²) in [6, 6.07) is 6.13. The number of nitrogens with zero attached hydrogens (tertiary/aromatic N) is 1. The Kier molecular flexibility index (Phi) is 5.52. The second-order valence-corrected chi connectivity index (χ2v) is 6.94. The van der Waals surface area contributed by atoms with Crippen molar-refractivity contribution >= 4 is 5.91 Å². The zero-order valence-electron chi connectivity index (χ0n) is 13.7. The van der Waals surface area contributed by atoms with Gasteiger partial charge in [-0.25, -0.2) is 4.39 Å². The average Bonchev–Trinajstić information content (AvgIpc) is 3.21. The van der Waals surface area contributed by atoms with Crippen LogP contribution in [0.3, 0.4) is 0 Å². The molecule has 4 heteroatoms. The Morgan fingerprint density at radius 1 is 1.13 bits per heavy atom. The molecule has 1 aliphatic carbocycles. The van der Waals surface area contributed by atoms with Gasteiger partial charge in [-0.3, -0.25) is 4.79 Å². The first-order chi connectivity index (χ1) is 11.2. The van der Waals surface area contributed by atoms with Crippen molar-refractivity contribution in [3.63, 3.8) is 0 Å². The molecule has 23 heavy (non-hydrogen) atoms. The van der Waals surface area contributed by atoms with E-state index in [1.54, 1.807) is 12.1 Å². The highest BCUT2D eigenvalue weighted by atomic mass is 19.1. The van der Waals surface area contributed by atoms with Gasteiger partial charge in [0.1, 0.15) is 11.6 Å². The van der Waals surface area contributed by atoms with Crippen LogP contribution in [-0.2, 0) is 4.79 Å². The lowest BCUT2D eigenvalue weighted by molar-refractivity contribution is -0.131. The fourth-order valence-corrected chi connectivity index (χ4v) is 3.76. The summed E-state index contributed by atoms with van der Waals surface area (Å²) in [5.74, 6) is 1.97. The van der Waals surface area contributed by atoms with Gasteiger partial charge in [0.05, 0.1) is 6.61 Å². The second kappa shape index (κ2) is 7.80. The molecule has 1 aliphatic heterocycles. The van der Waals surface area contributed by atoms with Crippen molar-refractivity contribution in [1.29, 1.82) is 0 Å². The number of halogens is 1. The Hall–Kier alpha value is -1.58. The summed E-state index contributed by atoms with van der Waals surface area (Å²) in [6.45, 7) is 2.39. The van der Waals surface area contributed by atoms with E-state index in [9.17, 15) is 9.18 Å². The van der Waals surface area contributed by atoms with Gasteiger partial charge in [-0.2, -0.15) is 0 Å². The highest BCUT2D eigenvalue weighted by molar-refractivity contribution is 5.76. The van der Waals surface area contributed by atoms with Crippen LogP contribution in [0.4, 0.5) is 4.39 Å². The third kappa shape index (κ3) is 4.69. The first-order valence-corrected chi connectivity index (χ1v) is 8.87. The van der Waals surface area contributed by atoms with Gasteiger partial charge in [-0.1, -0.05) is 12.8 Å². The normalized spacial score (nSPS) is 21.8. The van der Waals surface area contributed by atoms with Gasteiger partial charge < -0.3 is 9.64 Å². The molecule has 1 aromatic rings. The van der Waals surface area contributed by atoms with Crippen LogP contribution in [0.25, 0.3) is 0 Å². The fraction of sp³-hybridized carbons (Fsp3) is 0.632. The van der Waals surface area contributed by atoms with E-state index in [1.807, 2.05) is 4.90 Å². The van der Waals surface area contributed by atoms with E-state index in [-0.39, 0.29) is 5.82 Å². The minimum atomic E-state index is -0.246. The SMILES string of the molecule is O=C(CC1CCCC1)N1CCC(CCOc2ccc(F)cc2)C1. The summed E-state index contributed by atoms with van der Waals surface area (Å²) >= 11 is 0. The summed E-state index contributed by atoms with van der Waals surface area (Å²) in [4.78, 5) is 14.4. The van der Waals surface area contributed by atoms with Gasteiger partial charge in [0.25, 0.3) is 0 Å². The van der Waals surface area contributed by atoms with E-state index in [0.29, 0.717) is 30.1 Å². The van der Waals surface area contributed by atoms with Crippen LogP contribution in [-0.4, -0.2) is 30.5 Å². The van der Waals surface area contributed by atoms with Crippen molar-refractivity contribution in [2.45, 2.75) is 44.9 Å². The molecule has 1 unspecified atom stereocenters. The minimum absolute atomic E-state index is 0.246. The molecular formula is C19H26FNO2. The molecule has 1 saturated heterocycles. The maximum Gasteiger partial charge on any atom is 0.222 e. The van der Waals surface area contributed by atoms with Gasteiger partial charge in [-0.15, -0.1) is 0 Å². The Morgan fingerprint density at radius 2 is 1.87 bits per heavy atom. The van der Waals surface area contributed by atoms with Crippen molar-refractivity contribution < 1.29 is 13.9 Å². The van der Waals surface area contributed by atoms with Crippen LogP contribution in [0.15, 0.2) is 24.3 Å². The van der Waals surface area contributed by atoms with Gasteiger partial charge in [0.2, 0.25) is 5.91 Å². The molecule has 1 amide bonds. The number of likely N-dealkylation sites (tertiary alicyclic amines) is 1. The van der Waals surface area contributed by atoms with Gasteiger partial charge in [0, 0.05) is 19.5 Å². The van der Waals surface area contributed by atoms with Gasteiger partial charge >= 0.3 is 0 Å². The molecule has 1 heterocycles. The zero-order valence-corrected chi connectivity index (χ0v) is 13.7. The van der Waals surface area contributed by atoms with Crippen molar-refractivity contribution in [3.05, 3.63) is 30.1 Å². The molecule has 1 saturated carbocycles. The molecule has 2 aliphatic rings. The summed E-state index contributed by atoms with van der Waals surface area (Å²) in [5, 5.41) is 0. The summed E-state index contributed by atoms with van der Waals surface area (Å²) in [5.41, 5.74) is 0. The highest BCUT2D eigenvalue weighted by Crippen LogP contribution is 2.29. The number of hydrogen-bond donors (Lipinski definition) is 0. The lowest BCUT2D eigenvalue weighted by atomic mass is 10.0. The molecular weight excluding hydrogens is 293 g/mol. The van der Waals surface area contributed by atoms with Crippen LogP contribution >= 0.6 is 0 Å². The number of rotatable bonds is 6. The van der Waals surface area contributed by atoms with E-state index in [0.717, 1.165) is 32.4 Å². The Morgan fingerprint density at radius 3 is 2.61 bits per heavy atom. The third-order valence-electron chi connectivity index (χ3n) is 5.19. The standard InChI is InChI=1S/C19H26FNO2/c20-17-5-7-18(8-6-17)23-12-10-16-9-11-21(14-16)19(22)13-15-3-1-2-4-15/h5-8,15-16H,1-4,9-14H2. The second-order valence-electron chi connectivity index (χ2n) is 6.94. The monoisotopic (exact) mass is 319 g/mol. The first kappa shape index (κ1) is 16.3. The molecule has 0 bridgehead atoms. The average molecular weight is 319 g/mol. The number of hydrogen-bond acceptors (Lipinski definition) is 2. The largest absolute Gasteiger partial charge is 0.494 e. The number of amides is 1. The molecule has 1 aromatic carbocycles. The smallest absolute Gasteiger partial charge is 0.222 e. The lowest BCUT2D eigenvalue weighted by Gasteiger charge is -2.19. The van der Waals surface area contributed by atoms with E-state index in [1.165, 1.54) is 37.8 Å². The van der Waals surface area contributed by atoms with Crippen LogP contribution in [0.1, 0.15) is 44.9 Å². The lowest BCUT2D eigenvalue weighted by Crippen LogP contribution is -2.30. The van der Waals surface area contributed by atoms with Crippen molar-refractivity contribution in [2.24, 2.45) is 11.8 Å². The van der Waals surface area contributed by atoms with Crippen LogP contribution in [0.2, 0.25) is 0 Å². The topological polar surface area (TPSA) is 29.5 Å². The van der Waals surface area contributed by atoms with E-state index >= 15 is 0 Å². The van der Waals surface area contributed by atoms with Gasteiger partial charge in [0.15, 0.2) is 0 Å². The maximum absolute atomic E-state index is 12.8. The third-order valence-corrected chi connectivity index (χ3v) is 5.19.